The van der Waals surface area contributed by atoms with E-state index in [4.69, 9.17) is 4.98 Å². The van der Waals surface area contributed by atoms with Crippen molar-refractivity contribution < 1.29 is 4.39 Å². The molecule has 5 rings (SSSR count). The Kier molecular flexibility index (Phi) is 5.29. The topological polar surface area (TPSA) is 25.8 Å². The molecule has 0 radical (unpaired) electrons. The Morgan fingerprint density at radius 1 is 0.882 bits per heavy atom. The van der Waals surface area contributed by atoms with Crippen molar-refractivity contribution in [3.05, 3.63) is 71.3 Å². The van der Waals surface area contributed by atoms with Gasteiger partial charge in [-0.15, -0.1) is 11.3 Å². The van der Waals surface area contributed by atoms with Crippen LogP contribution in [0.4, 0.5) is 4.39 Å². The fraction of sp³-hybridized carbons (Fsp3) is 0.333. The number of aryl methyl sites for hydroxylation is 1. The predicted octanol–water partition coefficient (Wildman–Crippen LogP) is 9.00. The third-order valence-electron chi connectivity index (χ3n) is 6.43. The molecule has 3 aromatic carbocycles. The summed E-state index contributed by atoms with van der Waals surface area (Å²) in [5.41, 5.74) is 6.94. The Bertz CT molecular complexity index is 1570. The molecular weight excluding hydrogens is 439 g/mol. The van der Waals surface area contributed by atoms with Gasteiger partial charge in [-0.05, 0) is 88.0 Å². The summed E-state index contributed by atoms with van der Waals surface area (Å²) in [5.74, 6) is -0.221. The molecule has 0 aliphatic carbocycles. The zero-order chi connectivity index (χ0) is 24.4. The molecule has 0 aliphatic rings. The molecule has 0 saturated heterocycles. The molecule has 0 saturated carbocycles. The first kappa shape index (κ1) is 22.9. The lowest BCUT2D eigenvalue weighted by Crippen LogP contribution is -2.12. The van der Waals surface area contributed by atoms with Crippen LogP contribution < -0.4 is 0 Å². The lowest BCUT2D eigenvalue weighted by Gasteiger charge is -2.22. The first-order valence-corrected chi connectivity index (χ1v) is 12.6. The number of aromatic nitrogens is 2. The van der Waals surface area contributed by atoms with Gasteiger partial charge in [0.15, 0.2) is 0 Å². The maximum atomic E-state index is 14.2. The van der Waals surface area contributed by atoms with Crippen LogP contribution in [0.25, 0.3) is 42.3 Å². The molecule has 34 heavy (non-hydrogen) atoms. The highest BCUT2D eigenvalue weighted by Gasteiger charge is 2.21. The van der Waals surface area contributed by atoms with Crippen molar-refractivity contribution in [2.24, 2.45) is 5.41 Å². The summed E-state index contributed by atoms with van der Waals surface area (Å²) in [5, 5.41) is 3.17. The van der Waals surface area contributed by atoms with E-state index in [1.54, 1.807) is 29.8 Å². The Balaban J connectivity index is 1.77. The molecule has 0 spiro atoms. The second-order valence-electron chi connectivity index (χ2n) is 11.7. The summed E-state index contributed by atoms with van der Waals surface area (Å²) in [4.78, 5) is 9.42. The molecular formula is C30H31FN2S. The largest absolute Gasteiger partial charge is 0.235 e. The maximum Gasteiger partial charge on any atom is 0.123 e. The zero-order valence-corrected chi connectivity index (χ0v) is 21.8. The summed E-state index contributed by atoms with van der Waals surface area (Å²) in [6, 6.07) is 14.0. The summed E-state index contributed by atoms with van der Waals surface area (Å²) in [7, 11) is 0. The molecule has 0 amide bonds. The molecule has 0 aliphatic heterocycles. The summed E-state index contributed by atoms with van der Waals surface area (Å²) >= 11 is 1.75. The van der Waals surface area contributed by atoms with Gasteiger partial charge in [-0.25, -0.2) is 14.4 Å². The van der Waals surface area contributed by atoms with Crippen molar-refractivity contribution in [2.45, 2.75) is 60.3 Å². The van der Waals surface area contributed by atoms with Crippen LogP contribution in [0.3, 0.4) is 0 Å². The molecule has 0 fully saturated rings. The average molecular weight is 471 g/mol. The summed E-state index contributed by atoms with van der Waals surface area (Å²) in [6.07, 6.45) is 2.70. The van der Waals surface area contributed by atoms with Gasteiger partial charge in [0.2, 0.25) is 0 Å². The Labute approximate surface area is 204 Å². The van der Waals surface area contributed by atoms with E-state index in [1.807, 2.05) is 6.07 Å². The first-order valence-electron chi connectivity index (χ1n) is 11.8. The molecule has 0 atom stereocenters. The van der Waals surface area contributed by atoms with Gasteiger partial charge >= 0.3 is 0 Å². The number of hydrogen-bond donors (Lipinski definition) is 0. The number of thiophene rings is 1. The van der Waals surface area contributed by atoms with Gasteiger partial charge in [0, 0.05) is 15.6 Å². The lowest BCUT2D eigenvalue weighted by atomic mass is 9.82. The predicted molar refractivity (Wildman–Crippen MR) is 144 cm³/mol. The van der Waals surface area contributed by atoms with Crippen LogP contribution in [-0.4, -0.2) is 9.97 Å². The quantitative estimate of drug-likeness (QED) is 0.257. The van der Waals surface area contributed by atoms with Gasteiger partial charge < -0.3 is 0 Å². The van der Waals surface area contributed by atoms with Gasteiger partial charge in [-0.3, -0.25) is 0 Å². The van der Waals surface area contributed by atoms with Crippen LogP contribution in [0.15, 0.2) is 48.8 Å². The second-order valence-corrected chi connectivity index (χ2v) is 12.7. The van der Waals surface area contributed by atoms with Gasteiger partial charge in [0.25, 0.3) is 0 Å². The van der Waals surface area contributed by atoms with Crippen molar-refractivity contribution in [2.75, 3.05) is 0 Å². The Morgan fingerprint density at radius 2 is 1.65 bits per heavy atom. The fourth-order valence-electron chi connectivity index (χ4n) is 4.84. The minimum atomic E-state index is -0.221. The third-order valence-corrected chi connectivity index (χ3v) is 7.57. The number of fused-ring (bicyclic) bond motifs is 4. The fourth-order valence-corrected chi connectivity index (χ4v) is 6.05. The number of nitrogens with zero attached hydrogens (tertiary/aromatic N) is 2. The normalized spacial score (nSPS) is 12.8. The van der Waals surface area contributed by atoms with E-state index in [0.717, 1.165) is 38.7 Å². The van der Waals surface area contributed by atoms with Gasteiger partial charge in [0.05, 0.1) is 15.9 Å². The molecule has 2 heterocycles. The zero-order valence-electron chi connectivity index (χ0n) is 21.0. The Hall–Kier alpha value is -2.85. The van der Waals surface area contributed by atoms with E-state index < -0.39 is 0 Å². The molecule has 2 aromatic heterocycles. The van der Waals surface area contributed by atoms with E-state index in [-0.39, 0.29) is 16.6 Å². The lowest BCUT2D eigenvalue weighted by molar-refractivity contribution is 0.410. The van der Waals surface area contributed by atoms with E-state index >= 15 is 0 Å². The summed E-state index contributed by atoms with van der Waals surface area (Å²) in [6.45, 7) is 15.6. The van der Waals surface area contributed by atoms with Gasteiger partial charge in [-0.1, -0.05) is 47.6 Å². The molecule has 174 valence electrons. The van der Waals surface area contributed by atoms with E-state index in [0.29, 0.717) is 0 Å². The minimum Gasteiger partial charge on any atom is -0.235 e. The van der Waals surface area contributed by atoms with Crippen molar-refractivity contribution in [3.8, 4) is 11.3 Å². The highest BCUT2D eigenvalue weighted by Crippen LogP contribution is 2.41. The molecule has 5 aromatic rings. The van der Waals surface area contributed by atoms with Crippen LogP contribution in [0.5, 0.6) is 0 Å². The summed E-state index contributed by atoms with van der Waals surface area (Å²) < 4.78 is 16.5. The molecule has 0 bridgehead atoms. The van der Waals surface area contributed by atoms with Crippen LogP contribution in [0.2, 0.25) is 0 Å². The molecule has 2 nitrogen and oxygen atoms in total. The Morgan fingerprint density at radius 3 is 2.35 bits per heavy atom. The maximum absolute atomic E-state index is 14.2. The first-order chi connectivity index (χ1) is 15.9. The van der Waals surface area contributed by atoms with Crippen molar-refractivity contribution in [3.63, 3.8) is 0 Å². The molecule has 0 unspecified atom stereocenters. The van der Waals surface area contributed by atoms with Crippen LogP contribution in [0, 0.1) is 18.2 Å². The van der Waals surface area contributed by atoms with E-state index in [1.165, 1.54) is 26.8 Å². The number of hydrogen-bond acceptors (Lipinski definition) is 3. The average Bonchev–Trinajstić information content (AvgIpc) is 3.08. The van der Waals surface area contributed by atoms with E-state index in [2.05, 4.69) is 77.7 Å². The number of benzene rings is 3. The van der Waals surface area contributed by atoms with Gasteiger partial charge in [-0.2, -0.15) is 0 Å². The standard InChI is InChI=1S/C30H31FN2S/c1-17-10-23-25(14-20(17)15-29(2,3)4)34-28-26(32-16-33-27(23)28)19-11-18-12-21(31)8-9-22(18)24(13-19)30(5,6)7/h8-14,16H,15H2,1-7H3. The minimum absolute atomic E-state index is 0.0859. The van der Waals surface area contributed by atoms with Crippen molar-refractivity contribution in [1.82, 2.24) is 9.97 Å². The van der Waals surface area contributed by atoms with Crippen molar-refractivity contribution >= 4 is 42.4 Å². The monoisotopic (exact) mass is 470 g/mol. The van der Waals surface area contributed by atoms with Crippen LogP contribution in [0.1, 0.15) is 58.2 Å². The third kappa shape index (κ3) is 4.09. The number of rotatable bonds is 2. The SMILES string of the molecule is Cc1cc2c(cc1CC(C)(C)C)sc1c(-c3cc(C(C)(C)C)c4ccc(F)cc4c3)ncnc12. The number of halogens is 1. The van der Waals surface area contributed by atoms with Crippen LogP contribution >= 0.6 is 11.3 Å². The molecule has 4 heteroatoms. The second kappa shape index (κ2) is 7.84. The highest BCUT2D eigenvalue weighted by atomic mass is 32.1. The molecule has 0 N–H and O–H groups in total. The highest BCUT2D eigenvalue weighted by molar-refractivity contribution is 7.26. The van der Waals surface area contributed by atoms with Crippen molar-refractivity contribution in [1.29, 1.82) is 0 Å². The van der Waals surface area contributed by atoms with E-state index in [9.17, 15) is 4.39 Å². The van der Waals surface area contributed by atoms with Gasteiger partial charge in [0.1, 0.15) is 12.1 Å². The smallest absolute Gasteiger partial charge is 0.123 e. The van der Waals surface area contributed by atoms with Crippen LogP contribution in [-0.2, 0) is 11.8 Å².